The Morgan fingerprint density at radius 1 is 1.56 bits per heavy atom. The monoisotopic (exact) mass is 227 g/mol. The summed E-state index contributed by atoms with van der Waals surface area (Å²) >= 11 is 0. The molecule has 0 aliphatic heterocycles. The number of nitrogens with two attached hydrogens (primary N) is 1. The molecule has 0 radical (unpaired) electrons. The van der Waals surface area contributed by atoms with Gasteiger partial charge in [0.25, 0.3) is 0 Å². The van der Waals surface area contributed by atoms with E-state index in [1.165, 1.54) is 25.3 Å². The van der Waals surface area contributed by atoms with Crippen molar-refractivity contribution in [3.63, 3.8) is 0 Å². The Morgan fingerprint density at radius 2 is 2.25 bits per heavy atom. The molecule has 4 nitrogen and oxygen atoms in total. The third-order valence-corrected chi connectivity index (χ3v) is 2.08. The van der Waals surface area contributed by atoms with Crippen molar-refractivity contribution < 1.29 is 18.7 Å². The molecule has 0 aliphatic rings. The van der Waals surface area contributed by atoms with Crippen LogP contribution in [0.3, 0.4) is 0 Å². The van der Waals surface area contributed by atoms with Crippen LogP contribution in [0.15, 0.2) is 18.2 Å². The molecule has 0 unspecified atom stereocenters. The maximum Gasteiger partial charge on any atom is 0.327 e. The van der Waals surface area contributed by atoms with Crippen LogP contribution in [0, 0.1) is 5.82 Å². The van der Waals surface area contributed by atoms with E-state index in [4.69, 9.17) is 15.2 Å². The minimum Gasteiger partial charge on any atom is -0.494 e. The zero-order chi connectivity index (χ0) is 12.1. The SMILES string of the molecule is CCOC(=O)[C@H](N)c1ccc(OC)c(F)c1. The van der Waals surface area contributed by atoms with Crippen LogP contribution in [-0.4, -0.2) is 19.7 Å². The number of carbonyl (C=O) groups excluding carboxylic acids is 1. The second-order valence-electron chi connectivity index (χ2n) is 3.12. The number of rotatable bonds is 4. The lowest BCUT2D eigenvalue weighted by molar-refractivity contribution is -0.144. The minimum absolute atomic E-state index is 0.111. The molecule has 0 bridgehead atoms. The summed E-state index contributed by atoms with van der Waals surface area (Å²) in [6, 6.07) is 3.15. The standard InChI is InChI=1S/C11H14FNO3/c1-3-16-11(14)10(13)7-4-5-9(15-2)8(12)6-7/h4-6,10H,3,13H2,1-2H3/t10-/m1/s1. The van der Waals surface area contributed by atoms with Crippen LogP contribution in [-0.2, 0) is 9.53 Å². The van der Waals surface area contributed by atoms with Gasteiger partial charge in [0.15, 0.2) is 11.6 Å². The number of esters is 1. The second kappa shape index (κ2) is 5.46. The maximum absolute atomic E-state index is 13.3. The predicted octanol–water partition coefficient (Wildman–Crippen LogP) is 1.40. The first-order valence-electron chi connectivity index (χ1n) is 4.85. The van der Waals surface area contributed by atoms with Crippen molar-refractivity contribution >= 4 is 5.97 Å². The van der Waals surface area contributed by atoms with Gasteiger partial charge in [-0.2, -0.15) is 0 Å². The van der Waals surface area contributed by atoms with E-state index in [1.807, 2.05) is 0 Å². The van der Waals surface area contributed by atoms with Crippen molar-refractivity contribution in [1.82, 2.24) is 0 Å². The second-order valence-corrected chi connectivity index (χ2v) is 3.12. The first-order chi connectivity index (χ1) is 7.60. The van der Waals surface area contributed by atoms with E-state index in [9.17, 15) is 9.18 Å². The van der Waals surface area contributed by atoms with Crippen LogP contribution in [0.2, 0.25) is 0 Å². The molecule has 0 amide bonds. The Morgan fingerprint density at radius 3 is 2.75 bits per heavy atom. The number of carbonyl (C=O) groups is 1. The normalized spacial score (nSPS) is 12.0. The smallest absolute Gasteiger partial charge is 0.327 e. The summed E-state index contributed by atoms with van der Waals surface area (Å²) in [6.45, 7) is 1.92. The molecule has 1 rings (SSSR count). The van der Waals surface area contributed by atoms with Gasteiger partial charge in [-0.1, -0.05) is 6.07 Å². The van der Waals surface area contributed by atoms with Gasteiger partial charge >= 0.3 is 5.97 Å². The number of halogens is 1. The number of ether oxygens (including phenoxy) is 2. The fourth-order valence-corrected chi connectivity index (χ4v) is 1.24. The van der Waals surface area contributed by atoms with Gasteiger partial charge in [-0.15, -0.1) is 0 Å². The lowest BCUT2D eigenvalue weighted by Crippen LogP contribution is -2.23. The molecule has 88 valence electrons. The van der Waals surface area contributed by atoms with Gasteiger partial charge in [0, 0.05) is 0 Å². The van der Waals surface area contributed by atoms with Crippen LogP contribution < -0.4 is 10.5 Å². The van der Waals surface area contributed by atoms with E-state index >= 15 is 0 Å². The van der Waals surface area contributed by atoms with Crippen LogP contribution in [0.25, 0.3) is 0 Å². The molecule has 0 fully saturated rings. The first kappa shape index (κ1) is 12.4. The van der Waals surface area contributed by atoms with Gasteiger partial charge in [-0.25, -0.2) is 9.18 Å². The molecule has 0 aromatic heterocycles. The molecule has 5 heteroatoms. The topological polar surface area (TPSA) is 61.5 Å². The van der Waals surface area contributed by atoms with E-state index in [1.54, 1.807) is 6.92 Å². The molecule has 0 saturated carbocycles. The lowest BCUT2D eigenvalue weighted by Gasteiger charge is -2.11. The zero-order valence-electron chi connectivity index (χ0n) is 9.20. The Labute approximate surface area is 93.2 Å². The first-order valence-corrected chi connectivity index (χ1v) is 4.85. The molecule has 0 heterocycles. The number of hydrogen-bond donors (Lipinski definition) is 1. The number of benzene rings is 1. The highest BCUT2D eigenvalue weighted by atomic mass is 19.1. The highest BCUT2D eigenvalue weighted by Gasteiger charge is 2.18. The molecule has 2 N–H and O–H groups in total. The Hall–Kier alpha value is -1.62. The van der Waals surface area contributed by atoms with Crippen molar-refractivity contribution in [2.75, 3.05) is 13.7 Å². The number of methoxy groups -OCH3 is 1. The Balaban J connectivity index is 2.88. The van der Waals surface area contributed by atoms with E-state index in [0.29, 0.717) is 5.56 Å². The summed E-state index contributed by atoms with van der Waals surface area (Å²) in [4.78, 5) is 11.3. The van der Waals surface area contributed by atoms with E-state index < -0.39 is 17.8 Å². The van der Waals surface area contributed by atoms with Gasteiger partial charge in [0.1, 0.15) is 6.04 Å². The van der Waals surface area contributed by atoms with Crippen LogP contribution in [0.1, 0.15) is 18.5 Å². The Kier molecular flexibility index (Phi) is 4.25. The fourth-order valence-electron chi connectivity index (χ4n) is 1.24. The van der Waals surface area contributed by atoms with Crippen molar-refractivity contribution in [2.24, 2.45) is 5.73 Å². The number of hydrogen-bond acceptors (Lipinski definition) is 4. The minimum atomic E-state index is -0.972. The van der Waals surface area contributed by atoms with Gasteiger partial charge in [0.2, 0.25) is 0 Å². The van der Waals surface area contributed by atoms with Crippen molar-refractivity contribution in [3.05, 3.63) is 29.6 Å². The van der Waals surface area contributed by atoms with Gasteiger partial charge in [-0.3, -0.25) is 0 Å². The summed E-state index contributed by atoms with van der Waals surface area (Å²) in [7, 11) is 1.36. The van der Waals surface area contributed by atoms with E-state index in [2.05, 4.69) is 0 Å². The van der Waals surface area contributed by atoms with Crippen LogP contribution >= 0.6 is 0 Å². The molecular formula is C11H14FNO3. The van der Waals surface area contributed by atoms with Gasteiger partial charge in [-0.05, 0) is 24.6 Å². The molecule has 0 saturated heterocycles. The lowest BCUT2D eigenvalue weighted by atomic mass is 10.1. The average molecular weight is 227 g/mol. The fraction of sp³-hybridized carbons (Fsp3) is 0.364. The quantitative estimate of drug-likeness (QED) is 0.790. The molecular weight excluding hydrogens is 213 g/mol. The third-order valence-electron chi connectivity index (χ3n) is 2.08. The van der Waals surface area contributed by atoms with Crippen LogP contribution in [0.4, 0.5) is 4.39 Å². The van der Waals surface area contributed by atoms with E-state index in [0.717, 1.165) is 0 Å². The zero-order valence-corrected chi connectivity index (χ0v) is 9.20. The summed E-state index contributed by atoms with van der Waals surface area (Å²) < 4.78 is 22.8. The van der Waals surface area contributed by atoms with Gasteiger partial charge < -0.3 is 15.2 Å². The highest BCUT2D eigenvalue weighted by molar-refractivity contribution is 5.77. The van der Waals surface area contributed by atoms with Crippen molar-refractivity contribution in [2.45, 2.75) is 13.0 Å². The predicted molar refractivity (Wildman–Crippen MR) is 56.5 cm³/mol. The molecule has 1 aromatic rings. The van der Waals surface area contributed by atoms with Crippen molar-refractivity contribution in [1.29, 1.82) is 0 Å². The Bertz CT molecular complexity index is 381. The van der Waals surface area contributed by atoms with E-state index in [-0.39, 0.29) is 12.4 Å². The summed E-state index contributed by atoms with van der Waals surface area (Å²) in [5.74, 6) is -1.02. The molecule has 1 aromatic carbocycles. The largest absolute Gasteiger partial charge is 0.494 e. The summed E-state index contributed by atoms with van der Waals surface area (Å²) in [6.07, 6.45) is 0. The van der Waals surface area contributed by atoms with Crippen LogP contribution in [0.5, 0.6) is 5.75 Å². The molecule has 1 atom stereocenters. The molecule has 16 heavy (non-hydrogen) atoms. The highest BCUT2D eigenvalue weighted by Crippen LogP contribution is 2.21. The molecule has 0 aliphatic carbocycles. The third kappa shape index (κ3) is 2.70. The van der Waals surface area contributed by atoms with Crippen molar-refractivity contribution in [3.8, 4) is 5.75 Å². The maximum atomic E-state index is 13.3. The summed E-state index contributed by atoms with van der Waals surface area (Å²) in [5.41, 5.74) is 5.96. The van der Waals surface area contributed by atoms with Gasteiger partial charge in [0.05, 0.1) is 13.7 Å². The molecule has 0 spiro atoms. The average Bonchev–Trinajstić information content (AvgIpc) is 2.28. The summed E-state index contributed by atoms with van der Waals surface area (Å²) in [5, 5.41) is 0.